The minimum Gasteiger partial charge on any atom is -0.504 e. The fraction of sp³-hybridized carbons (Fsp3) is 0.520. The molecule has 1 aliphatic heterocycles. The van der Waals surface area contributed by atoms with Gasteiger partial charge in [-0.1, -0.05) is 12.1 Å². The van der Waals surface area contributed by atoms with Gasteiger partial charge in [-0.2, -0.15) is 0 Å². The van der Waals surface area contributed by atoms with Crippen molar-refractivity contribution in [3.63, 3.8) is 0 Å². The van der Waals surface area contributed by atoms with Crippen LogP contribution in [0.25, 0.3) is 0 Å². The lowest BCUT2D eigenvalue weighted by atomic mass is 9.99. The fourth-order valence-electron chi connectivity index (χ4n) is 3.94. The number of aliphatic hydroxyl groups is 7. The van der Waals surface area contributed by atoms with Gasteiger partial charge >= 0.3 is 0 Å². The number of rotatable bonds is 12. The number of hydrogen-bond acceptors (Lipinski definition) is 12. The fourth-order valence-corrected chi connectivity index (χ4v) is 3.94. The summed E-state index contributed by atoms with van der Waals surface area (Å²) in [4.78, 5) is 0. The van der Waals surface area contributed by atoms with E-state index in [9.17, 15) is 35.7 Å². The summed E-state index contributed by atoms with van der Waals surface area (Å²) < 4.78 is 21.9. The van der Waals surface area contributed by atoms with E-state index in [1.165, 1.54) is 37.4 Å². The molecule has 7 unspecified atom stereocenters. The van der Waals surface area contributed by atoms with E-state index in [-0.39, 0.29) is 35.2 Å². The van der Waals surface area contributed by atoms with Gasteiger partial charge in [0.1, 0.15) is 30.5 Å². The molecule has 7 atom stereocenters. The first-order valence-electron chi connectivity index (χ1n) is 11.8. The molecular weight excluding hydrogens is 492 g/mol. The Kier molecular flexibility index (Phi) is 10.3. The maximum Gasteiger partial charge on any atom is 0.229 e. The van der Waals surface area contributed by atoms with E-state index in [1.54, 1.807) is 6.07 Å². The minimum atomic E-state index is -1.62. The second-order valence-corrected chi connectivity index (χ2v) is 8.64. The SMILES string of the molecule is COc1cc(C(O)C(CO)Oc2ccc(CCCO)cc2O)ccc1OC1OC(CO)C(O)C(O)C1O. The van der Waals surface area contributed by atoms with Gasteiger partial charge in [-0.25, -0.2) is 0 Å². The molecule has 12 nitrogen and oxygen atoms in total. The van der Waals surface area contributed by atoms with E-state index in [0.717, 1.165) is 5.56 Å². The van der Waals surface area contributed by atoms with Gasteiger partial charge in [-0.3, -0.25) is 0 Å². The van der Waals surface area contributed by atoms with Crippen LogP contribution in [0.5, 0.6) is 23.0 Å². The summed E-state index contributed by atoms with van der Waals surface area (Å²) >= 11 is 0. The standard InChI is InChI=1S/C25H34O12/c1-34-18-10-14(5-7-17(18)36-25-24(33)23(32)22(31)20(12-28)37-25)21(30)19(11-27)35-16-6-4-13(3-2-8-26)9-15(16)29/h4-7,9-10,19-33H,2-3,8,11-12H2,1H3. The molecule has 0 radical (unpaired) electrons. The molecule has 206 valence electrons. The smallest absolute Gasteiger partial charge is 0.229 e. The number of phenols is 1. The molecule has 1 aliphatic rings. The molecule has 1 saturated heterocycles. The first-order valence-corrected chi connectivity index (χ1v) is 11.8. The molecule has 3 rings (SSSR count). The molecule has 1 heterocycles. The van der Waals surface area contributed by atoms with Crippen molar-refractivity contribution in [1.82, 2.24) is 0 Å². The lowest BCUT2D eigenvalue weighted by Crippen LogP contribution is -2.60. The molecule has 2 aromatic carbocycles. The van der Waals surface area contributed by atoms with Gasteiger partial charge in [0.2, 0.25) is 6.29 Å². The first kappa shape index (κ1) is 28.9. The first-order chi connectivity index (χ1) is 17.7. The quantitative estimate of drug-likeness (QED) is 0.168. The van der Waals surface area contributed by atoms with Gasteiger partial charge in [0, 0.05) is 6.61 Å². The van der Waals surface area contributed by atoms with Crippen LogP contribution in [0.15, 0.2) is 36.4 Å². The van der Waals surface area contributed by atoms with Crippen LogP contribution in [0.4, 0.5) is 0 Å². The average molecular weight is 527 g/mol. The third-order valence-corrected chi connectivity index (χ3v) is 6.08. The number of aromatic hydroxyl groups is 1. The number of methoxy groups -OCH3 is 1. The van der Waals surface area contributed by atoms with Crippen molar-refractivity contribution in [2.75, 3.05) is 26.9 Å². The van der Waals surface area contributed by atoms with Crippen LogP contribution in [0, 0.1) is 0 Å². The lowest BCUT2D eigenvalue weighted by Gasteiger charge is -2.39. The Morgan fingerprint density at radius 1 is 0.919 bits per heavy atom. The van der Waals surface area contributed by atoms with Gasteiger partial charge in [-0.05, 0) is 48.2 Å². The number of hydrogen-bond donors (Lipinski definition) is 8. The molecule has 0 spiro atoms. The summed E-state index contributed by atoms with van der Waals surface area (Å²) in [5.41, 5.74) is 1.07. The highest BCUT2D eigenvalue weighted by molar-refractivity contribution is 5.45. The van der Waals surface area contributed by atoms with Crippen LogP contribution < -0.4 is 14.2 Å². The zero-order valence-corrected chi connectivity index (χ0v) is 20.3. The number of aliphatic hydroxyl groups excluding tert-OH is 7. The van der Waals surface area contributed by atoms with Crippen molar-refractivity contribution >= 4 is 0 Å². The summed E-state index contributed by atoms with van der Waals surface area (Å²) in [6.07, 6.45) is -8.78. The molecule has 0 aromatic heterocycles. The molecule has 12 heteroatoms. The second-order valence-electron chi connectivity index (χ2n) is 8.64. The predicted octanol–water partition coefficient (Wildman–Crippen LogP) is -1.02. The summed E-state index contributed by atoms with van der Waals surface area (Å²) in [6.45, 7) is -1.18. The van der Waals surface area contributed by atoms with Crippen LogP contribution in [0.2, 0.25) is 0 Å². The average Bonchev–Trinajstić information content (AvgIpc) is 2.91. The molecule has 0 amide bonds. The number of benzene rings is 2. The Hall–Kier alpha value is -2.68. The van der Waals surface area contributed by atoms with Gasteiger partial charge in [0.25, 0.3) is 0 Å². The highest BCUT2D eigenvalue weighted by Crippen LogP contribution is 2.36. The topological polar surface area (TPSA) is 199 Å². The summed E-state index contributed by atoms with van der Waals surface area (Å²) in [5.74, 6) is 0.0592. The van der Waals surface area contributed by atoms with Crippen molar-refractivity contribution in [1.29, 1.82) is 0 Å². The minimum absolute atomic E-state index is 0.0214. The van der Waals surface area contributed by atoms with Gasteiger partial charge in [0.15, 0.2) is 29.1 Å². The molecule has 0 saturated carbocycles. The van der Waals surface area contributed by atoms with E-state index >= 15 is 0 Å². The summed E-state index contributed by atoms with van der Waals surface area (Å²) in [7, 11) is 1.34. The van der Waals surface area contributed by atoms with Gasteiger partial charge in [-0.15, -0.1) is 0 Å². The zero-order valence-electron chi connectivity index (χ0n) is 20.3. The van der Waals surface area contributed by atoms with E-state index < -0.39 is 56.1 Å². The van der Waals surface area contributed by atoms with Crippen molar-refractivity contribution in [3.8, 4) is 23.0 Å². The molecule has 0 aliphatic carbocycles. The summed E-state index contributed by atoms with van der Waals surface area (Å²) in [5, 5.41) is 79.4. The molecule has 0 bridgehead atoms. The Labute approximate surface area is 213 Å². The third-order valence-electron chi connectivity index (χ3n) is 6.08. The maximum absolute atomic E-state index is 10.9. The van der Waals surface area contributed by atoms with Crippen LogP contribution >= 0.6 is 0 Å². The lowest BCUT2D eigenvalue weighted by molar-refractivity contribution is -0.277. The zero-order chi connectivity index (χ0) is 27.1. The second kappa shape index (κ2) is 13.2. The largest absolute Gasteiger partial charge is 0.504 e. The van der Waals surface area contributed by atoms with Crippen LogP contribution in [-0.2, 0) is 11.2 Å². The Balaban J connectivity index is 1.74. The predicted molar refractivity (Wildman–Crippen MR) is 127 cm³/mol. The van der Waals surface area contributed by atoms with Crippen molar-refractivity contribution in [3.05, 3.63) is 47.5 Å². The van der Waals surface area contributed by atoms with E-state index in [0.29, 0.717) is 12.8 Å². The van der Waals surface area contributed by atoms with Crippen LogP contribution in [0.1, 0.15) is 23.7 Å². The van der Waals surface area contributed by atoms with Crippen molar-refractivity contribution < 1.29 is 59.8 Å². The van der Waals surface area contributed by atoms with Gasteiger partial charge in [0.05, 0.1) is 20.3 Å². The van der Waals surface area contributed by atoms with Crippen LogP contribution in [-0.4, -0.2) is 105 Å². The highest BCUT2D eigenvalue weighted by Gasteiger charge is 2.45. The Bertz CT molecular complexity index is 1000. The van der Waals surface area contributed by atoms with Crippen LogP contribution in [0.3, 0.4) is 0 Å². The molecule has 1 fully saturated rings. The van der Waals surface area contributed by atoms with Crippen molar-refractivity contribution in [2.45, 2.75) is 55.8 Å². The molecule has 2 aromatic rings. The van der Waals surface area contributed by atoms with E-state index in [2.05, 4.69) is 0 Å². The molecule has 37 heavy (non-hydrogen) atoms. The monoisotopic (exact) mass is 526 g/mol. The number of phenolic OH excluding ortho intramolecular Hbond substituents is 1. The van der Waals surface area contributed by atoms with Gasteiger partial charge < -0.3 is 59.8 Å². The molecular formula is C25H34O12. The van der Waals surface area contributed by atoms with E-state index in [4.69, 9.17) is 24.1 Å². The number of ether oxygens (including phenoxy) is 4. The Morgan fingerprint density at radius 3 is 2.27 bits per heavy atom. The normalized spacial score (nSPS) is 25.4. The third kappa shape index (κ3) is 6.80. The molecule has 8 N–H and O–H groups in total. The van der Waals surface area contributed by atoms with Crippen molar-refractivity contribution in [2.24, 2.45) is 0 Å². The highest BCUT2D eigenvalue weighted by atomic mass is 16.7. The Morgan fingerprint density at radius 2 is 1.65 bits per heavy atom. The van der Waals surface area contributed by atoms with E-state index in [1.807, 2.05) is 0 Å². The number of aryl methyl sites for hydroxylation is 1. The summed E-state index contributed by atoms with van der Waals surface area (Å²) in [6, 6.07) is 8.97. The maximum atomic E-state index is 10.9.